The molecule has 0 radical (unpaired) electrons. The Labute approximate surface area is 200 Å². The first-order chi connectivity index (χ1) is 16.4. The van der Waals surface area contributed by atoms with Crippen molar-refractivity contribution in [2.45, 2.75) is 46.2 Å². The van der Waals surface area contributed by atoms with Crippen LogP contribution in [-0.4, -0.2) is 41.8 Å². The van der Waals surface area contributed by atoms with Gasteiger partial charge in [-0.1, -0.05) is 61.9 Å². The minimum atomic E-state index is -0.667. The van der Waals surface area contributed by atoms with Crippen molar-refractivity contribution in [3.05, 3.63) is 77.4 Å². The summed E-state index contributed by atoms with van der Waals surface area (Å²) in [7, 11) is 0. The molecule has 1 N–H and O–H groups in total. The largest absolute Gasteiger partial charge is 0.354 e. The molecule has 3 aromatic carbocycles. The smallest absolute Gasteiger partial charge is 0.259 e. The van der Waals surface area contributed by atoms with Crippen LogP contribution in [0.1, 0.15) is 48.2 Å². The molecular formula is C28H31N3O3. The lowest BCUT2D eigenvalue weighted by Gasteiger charge is -2.31. The fourth-order valence-corrected chi connectivity index (χ4v) is 4.45. The molecule has 0 spiro atoms. The highest BCUT2D eigenvalue weighted by molar-refractivity contribution is 6.26. The lowest BCUT2D eigenvalue weighted by Crippen LogP contribution is -2.51. The van der Waals surface area contributed by atoms with Crippen molar-refractivity contribution in [1.82, 2.24) is 10.2 Å². The molecule has 3 amide bonds. The molecule has 0 aliphatic carbocycles. The van der Waals surface area contributed by atoms with Crippen molar-refractivity contribution < 1.29 is 14.4 Å². The summed E-state index contributed by atoms with van der Waals surface area (Å²) in [5.41, 5.74) is 3.37. The van der Waals surface area contributed by atoms with Crippen LogP contribution in [0.5, 0.6) is 0 Å². The van der Waals surface area contributed by atoms with Gasteiger partial charge in [0.1, 0.15) is 12.6 Å². The number of rotatable bonds is 9. The van der Waals surface area contributed by atoms with Crippen LogP contribution >= 0.6 is 0 Å². The summed E-state index contributed by atoms with van der Waals surface area (Å²) in [6.45, 7) is 6.56. The number of carbonyl (C=O) groups is 3. The number of aryl methyl sites for hydroxylation is 1. The van der Waals surface area contributed by atoms with Crippen LogP contribution in [0.3, 0.4) is 0 Å². The molecule has 6 nitrogen and oxygen atoms in total. The molecule has 1 atom stereocenters. The molecular weight excluding hydrogens is 426 g/mol. The molecule has 176 valence electrons. The minimum absolute atomic E-state index is 0.120. The van der Waals surface area contributed by atoms with Gasteiger partial charge in [-0.25, -0.2) is 0 Å². The summed E-state index contributed by atoms with van der Waals surface area (Å²) in [4.78, 5) is 42.9. The van der Waals surface area contributed by atoms with Crippen molar-refractivity contribution >= 4 is 34.2 Å². The molecule has 0 fully saturated rings. The van der Waals surface area contributed by atoms with Crippen LogP contribution in [0.2, 0.25) is 0 Å². The average Bonchev–Trinajstić information content (AvgIpc) is 3.11. The molecule has 1 heterocycles. The SMILES string of the molecule is CCCCNC(=O)[C@@H](C)N(Cc1ccccc1C)C(=O)CN1C(=O)c2cccc3cccc1c23. The summed E-state index contributed by atoms with van der Waals surface area (Å²) in [6, 6.07) is 18.5. The van der Waals surface area contributed by atoms with Crippen molar-refractivity contribution in [2.24, 2.45) is 0 Å². The van der Waals surface area contributed by atoms with Crippen LogP contribution in [0, 0.1) is 6.92 Å². The summed E-state index contributed by atoms with van der Waals surface area (Å²) >= 11 is 0. The van der Waals surface area contributed by atoms with Gasteiger partial charge in [-0.3, -0.25) is 19.3 Å². The van der Waals surface area contributed by atoms with E-state index in [1.165, 1.54) is 4.90 Å². The van der Waals surface area contributed by atoms with E-state index in [4.69, 9.17) is 0 Å². The fourth-order valence-electron chi connectivity index (χ4n) is 4.45. The topological polar surface area (TPSA) is 69.7 Å². The Morgan fingerprint density at radius 3 is 2.50 bits per heavy atom. The van der Waals surface area contributed by atoms with Gasteiger partial charge in [0.05, 0.1) is 5.69 Å². The van der Waals surface area contributed by atoms with Gasteiger partial charge in [-0.2, -0.15) is 0 Å². The first-order valence-corrected chi connectivity index (χ1v) is 11.9. The lowest BCUT2D eigenvalue weighted by atomic mass is 10.1. The number of anilines is 1. The van der Waals surface area contributed by atoms with Crippen LogP contribution in [0.4, 0.5) is 5.69 Å². The first-order valence-electron chi connectivity index (χ1n) is 11.9. The standard InChI is InChI=1S/C28H31N3O3/c1-4-5-16-29-27(33)20(3)30(17-22-11-7-6-10-19(22)2)25(32)18-31-24-15-9-13-21-12-8-14-23(26(21)24)28(31)34/h6-15,20H,4-5,16-18H2,1-3H3,(H,29,33)/t20-/m1/s1. The molecule has 1 aliphatic rings. The number of carbonyl (C=O) groups excluding carboxylic acids is 3. The maximum absolute atomic E-state index is 13.7. The predicted octanol–water partition coefficient (Wildman–Crippen LogP) is 4.44. The Bertz CT molecular complexity index is 1230. The highest BCUT2D eigenvalue weighted by Gasteiger charge is 2.34. The van der Waals surface area contributed by atoms with Gasteiger partial charge in [0.2, 0.25) is 11.8 Å². The van der Waals surface area contributed by atoms with Crippen LogP contribution in [0.15, 0.2) is 60.7 Å². The number of unbranched alkanes of at least 4 members (excludes halogenated alkanes) is 1. The first kappa shape index (κ1) is 23.5. The van der Waals surface area contributed by atoms with Gasteiger partial charge >= 0.3 is 0 Å². The third-order valence-corrected chi connectivity index (χ3v) is 6.54. The maximum atomic E-state index is 13.7. The highest BCUT2D eigenvalue weighted by Crippen LogP contribution is 2.37. The number of benzene rings is 3. The van der Waals surface area contributed by atoms with Gasteiger partial charge in [0.25, 0.3) is 5.91 Å². The number of hydrogen-bond donors (Lipinski definition) is 1. The van der Waals surface area contributed by atoms with E-state index in [0.29, 0.717) is 18.7 Å². The van der Waals surface area contributed by atoms with Gasteiger partial charge in [-0.15, -0.1) is 0 Å². The fraction of sp³-hybridized carbons (Fsp3) is 0.321. The Hall–Kier alpha value is -3.67. The zero-order valence-corrected chi connectivity index (χ0v) is 20.0. The highest BCUT2D eigenvalue weighted by atomic mass is 16.2. The van der Waals surface area contributed by atoms with E-state index in [2.05, 4.69) is 12.2 Å². The minimum Gasteiger partial charge on any atom is -0.354 e. The molecule has 34 heavy (non-hydrogen) atoms. The van der Waals surface area contributed by atoms with Crippen LogP contribution in [0.25, 0.3) is 10.8 Å². The molecule has 6 heteroatoms. The molecule has 4 rings (SSSR count). The lowest BCUT2D eigenvalue weighted by molar-refractivity contribution is -0.139. The predicted molar refractivity (Wildman–Crippen MR) is 135 cm³/mol. The summed E-state index contributed by atoms with van der Waals surface area (Å²) < 4.78 is 0. The average molecular weight is 458 g/mol. The van der Waals surface area contributed by atoms with E-state index < -0.39 is 6.04 Å². The molecule has 0 aromatic heterocycles. The molecule has 0 bridgehead atoms. The Morgan fingerprint density at radius 1 is 1.03 bits per heavy atom. The van der Waals surface area contributed by atoms with Gasteiger partial charge in [0.15, 0.2) is 0 Å². The normalized spacial score (nSPS) is 13.3. The third-order valence-electron chi connectivity index (χ3n) is 6.54. The van der Waals surface area contributed by atoms with Crippen LogP contribution in [-0.2, 0) is 16.1 Å². The van der Waals surface area contributed by atoms with Crippen molar-refractivity contribution in [2.75, 3.05) is 18.0 Å². The van der Waals surface area contributed by atoms with Gasteiger partial charge in [0, 0.05) is 24.0 Å². The van der Waals surface area contributed by atoms with E-state index >= 15 is 0 Å². The van der Waals surface area contributed by atoms with Crippen molar-refractivity contribution in [3.8, 4) is 0 Å². The monoisotopic (exact) mass is 457 g/mol. The molecule has 3 aromatic rings. The number of nitrogens with one attached hydrogen (secondary N) is 1. The second-order valence-corrected chi connectivity index (χ2v) is 8.84. The van der Waals surface area contributed by atoms with E-state index in [0.717, 1.165) is 40.4 Å². The van der Waals surface area contributed by atoms with Gasteiger partial charge < -0.3 is 10.2 Å². The summed E-state index contributed by atoms with van der Waals surface area (Å²) in [6.07, 6.45) is 1.86. The van der Waals surface area contributed by atoms with Crippen molar-refractivity contribution in [1.29, 1.82) is 0 Å². The van der Waals surface area contributed by atoms with Gasteiger partial charge in [-0.05, 0) is 48.9 Å². The Kier molecular flexibility index (Phi) is 6.96. The number of nitrogens with zero attached hydrogens (tertiary/aromatic N) is 2. The second-order valence-electron chi connectivity index (χ2n) is 8.84. The molecule has 0 unspecified atom stereocenters. The second kappa shape index (κ2) is 10.1. The Morgan fingerprint density at radius 2 is 1.76 bits per heavy atom. The Balaban J connectivity index is 1.60. The third kappa shape index (κ3) is 4.53. The van der Waals surface area contributed by atoms with E-state index in [-0.39, 0.29) is 24.3 Å². The van der Waals surface area contributed by atoms with E-state index in [1.807, 2.05) is 61.5 Å². The number of hydrogen-bond acceptors (Lipinski definition) is 3. The molecule has 1 aliphatic heterocycles. The zero-order chi connectivity index (χ0) is 24.2. The van der Waals surface area contributed by atoms with Crippen molar-refractivity contribution in [3.63, 3.8) is 0 Å². The molecule has 0 saturated heterocycles. The summed E-state index contributed by atoms with van der Waals surface area (Å²) in [5.74, 6) is -0.635. The number of amides is 3. The van der Waals surface area contributed by atoms with E-state index in [1.54, 1.807) is 17.9 Å². The maximum Gasteiger partial charge on any atom is 0.259 e. The summed E-state index contributed by atoms with van der Waals surface area (Å²) in [5, 5.41) is 4.78. The molecule has 0 saturated carbocycles. The zero-order valence-electron chi connectivity index (χ0n) is 20.0. The van der Waals surface area contributed by atoms with E-state index in [9.17, 15) is 14.4 Å². The quantitative estimate of drug-likeness (QED) is 0.483. The van der Waals surface area contributed by atoms with Crippen LogP contribution < -0.4 is 10.2 Å².